The number of hydrogen-bond donors (Lipinski definition) is 1. The standard InChI is InChI=1S/C20H19ClN2O2S/c1-14-18(23-20(25-14)16-8-5-9-17(21)10-16)12-26-13-19(24)22-11-15-6-3-2-4-7-15/h2-10H,11-13H2,1H3,(H,22,24). The topological polar surface area (TPSA) is 55.1 Å². The van der Waals surface area contributed by atoms with Crippen molar-refractivity contribution in [2.45, 2.75) is 19.2 Å². The Morgan fingerprint density at radius 3 is 2.77 bits per heavy atom. The summed E-state index contributed by atoms with van der Waals surface area (Å²) in [6, 6.07) is 17.3. The Hall–Kier alpha value is -2.24. The average molecular weight is 387 g/mol. The summed E-state index contributed by atoms with van der Waals surface area (Å²) in [6.07, 6.45) is 0. The lowest BCUT2D eigenvalue weighted by Gasteiger charge is -2.04. The number of thioether (sulfide) groups is 1. The van der Waals surface area contributed by atoms with E-state index in [9.17, 15) is 4.79 Å². The summed E-state index contributed by atoms with van der Waals surface area (Å²) >= 11 is 7.53. The maximum Gasteiger partial charge on any atom is 0.230 e. The van der Waals surface area contributed by atoms with E-state index in [1.165, 1.54) is 11.8 Å². The fourth-order valence-corrected chi connectivity index (χ4v) is 3.44. The van der Waals surface area contributed by atoms with Crippen LogP contribution in [0.15, 0.2) is 59.0 Å². The summed E-state index contributed by atoms with van der Waals surface area (Å²) in [5.41, 5.74) is 2.78. The predicted octanol–water partition coefficient (Wildman–Crippen LogP) is 4.85. The van der Waals surface area contributed by atoms with E-state index in [1.54, 1.807) is 0 Å². The van der Waals surface area contributed by atoms with Crippen molar-refractivity contribution in [1.82, 2.24) is 10.3 Å². The van der Waals surface area contributed by atoms with Crippen LogP contribution in [-0.4, -0.2) is 16.6 Å². The van der Waals surface area contributed by atoms with Crippen molar-refractivity contribution in [3.63, 3.8) is 0 Å². The summed E-state index contributed by atoms with van der Waals surface area (Å²) < 4.78 is 5.73. The molecule has 3 rings (SSSR count). The van der Waals surface area contributed by atoms with Gasteiger partial charge in [-0.15, -0.1) is 11.8 Å². The first-order valence-electron chi connectivity index (χ1n) is 8.22. The van der Waals surface area contributed by atoms with Crippen LogP contribution in [0.25, 0.3) is 11.5 Å². The van der Waals surface area contributed by atoms with Gasteiger partial charge in [0.25, 0.3) is 0 Å². The van der Waals surface area contributed by atoms with Crippen LogP contribution in [0, 0.1) is 6.92 Å². The van der Waals surface area contributed by atoms with Crippen LogP contribution < -0.4 is 5.32 Å². The van der Waals surface area contributed by atoms with Gasteiger partial charge in [-0.3, -0.25) is 4.79 Å². The highest BCUT2D eigenvalue weighted by molar-refractivity contribution is 7.99. The molecule has 2 aromatic carbocycles. The third kappa shape index (κ3) is 5.13. The number of aryl methyl sites for hydroxylation is 1. The molecule has 0 fully saturated rings. The molecule has 0 spiro atoms. The molecule has 1 heterocycles. The van der Waals surface area contributed by atoms with Crippen LogP contribution in [0.5, 0.6) is 0 Å². The predicted molar refractivity (Wildman–Crippen MR) is 106 cm³/mol. The molecule has 6 heteroatoms. The minimum Gasteiger partial charge on any atom is -0.441 e. The van der Waals surface area contributed by atoms with Crippen LogP contribution in [0.3, 0.4) is 0 Å². The van der Waals surface area contributed by atoms with Gasteiger partial charge in [-0.05, 0) is 30.7 Å². The Kier molecular flexibility index (Phi) is 6.36. The van der Waals surface area contributed by atoms with Gasteiger partial charge in [0.15, 0.2) is 0 Å². The number of carbonyl (C=O) groups is 1. The van der Waals surface area contributed by atoms with Gasteiger partial charge in [0.05, 0.1) is 11.4 Å². The monoisotopic (exact) mass is 386 g/mol. The number of oxazole rings is 1. The summed E-state index contributed by atoms with van der Waals surface area (Å²) in [5.74, 6) is 2.32. The second-order valence-electron chi connectivity index (χ2n) is 5.79. The highest BCUT2D eigenvalue weighted by Crippen LogP contribution is 2.26. The second kappa shape index (κ2) is 8.92. The third-order valence-electron chi connectivity index (χ3n) is 3.77. The first-order chi connectivity index (χ1) is 12.6. The third-order valence-corrected chi connectivity index (χ3v) is 4.95. The van der Waals surface area contributed by atoms with Crippen molar-refractivity contribution in [2.24, 2.45) is 0 Å². The van der Waals surface area contributed by atoms with Crippen LogP contribution in [-0.2, 0) is 17.1 Å². The van der Waals surface area contributed by atoms with Gasteiger partial charge in [0.1, 0.15) is 5.76 Å². The van der Waals surface area contributed by atoms with E-state index in [0.717, 1.165) is 22.6 Å². The SMILES string of the molecule is Cc1oc(-c2cccc(Cl)c2)nc1CSCC(=O)NCc1ccccc1. The summed E-state index contributed by atoms with van der Waals surface area (Å²) in [6.45, 7) is 2.43. The molecular weight excluding hydrogens is 368 g/mol. The molecule has 0 atom stereocenters. The largest absolute Gasteiger partial charge is 0.441 e. The second-order valence-corrected chi connectivity index (χ2v) is 7.21. The molecule has 0 saturated carbocycles. The highest BCUT2D eigenvalue weighted by atomic mass is 35.5. The molecule has 1 N–H and O–H groups in total. The number of amides is 1. The maximum atomic E-state index is 12.0. The van der Waals surface area contributed by atoms with Gasteiger partial charge in [-0.25, -0.2) is 4.98 Å². The molecule has 0 aliphatic carbocycles. The Balaban J connectivity index is 1.50. The molecule has 0 saturated heterocycles. The molecule has 0 radical (unpaired) electrons. The summed E-state index contributed by atoms with van der Waals surface area (Å²) in [7, 11) is 0. The molecule has 1 amide bonds. The van der Waals surface area contributed by atoms with Crippen molar-refractivity contribution < 1.29 is 9.21 Å². The Labute approximate surface area is 162 Å². The maximum absolute atomic E-state index is 12.0. The lowest BCUT2D eigenvalue weighted by molar-refractivity contribution is -0.118. The van der Waals surface area contributed by atoms with Crippen LogP contribution in [0.4, 0.5) is 0 Å². The fourth-order valence-electron chi connectivity index (χ4n) is 2.39. The van der Waals surface area contributed by atoms with E-state index in [-0.39, 0.29) is 5.91 Å². The van der Waals surface area contributed by atoms with E-state index >= 15 is 0 Å². The van der Waals surface area contributed by atoms with Crippen LogP contribution in [0.2, 0.25) is 5.02 Å². The first-order valence-corrected chi connectivity index (χ1v) is 9.75. The molecule has 3 aromatic rings. The number of hydrogen-bond acceptors (Lipinski definition) is 4. The molecule has 1 aromatic heterocycles. The molecular formula is C20H19ClN2O2S. The number of nitrogens with one attached hydrogen (secondary N) is 1. The van der Waals surface area contributed by atoms with E-state index in [1.807, 2.05) is 61.5 Å². The fraction of sp³-hybridized carbons (Fsp3) is 0.200. The zero-order valence-electron chi connectivity index (χ0n) is 14.4. The number of benzene rings is 2. The zero-order chi connectivity index (χ0) is 18.4. The number of rotatable bonds is 7. The smallest absolute Gasteiger partial charge is 0.230 e. The summed E-state index contributed by atoms with van der Waals surface area (Å²) in [4.78, 5) is 16.5. The number of aromatic nitrogens is 1. The number of nitrogens with zero attached hydrogens (tertiary/aromatic N) is 1. The Morgan fingerprint density at radius 2 is 2.00 bits per heavy atom. The molecule has 0 unspecified atom stereocenters. The Morgan fingerprint density at radius 1 is 1.19 bits per heavy atom. The molecule has 0 aliphatic rings. The van der Waals surface area contributed by atoms with Gasteiger partial charge in [-0.2, -0.15) is 0 Å². The quantitative estimate of drug-likeness (QED) is 0.630. The zero-order valence-corrected chi connectivity index (χ0v) is 15.9. The lowest BCUT2D eigenvalue weighted by Crippen LogP contribution is -2.24. The van der Waals surface area contributed by atoms with Crippen LogP contribution in [0.1, 0.15) is 17.0 Å². The van der Waals surface area contributed by atoms with Crippen molar-refractivity contribution in [3.8, 4) is 11.5 Å². The van der Waals surface area contributed by atoms with Gasteiger partial charge >= 0.3 is 0 Å². The van der Waals surface area contributed by atoms with Crippen molar-refractivity contribution in [2.75, 3.05) is 5.75 Å². The number of carbonyl (C=O) groups excluding carboxylic acids is 1. The van der Waals surface area contributed by atoms with E-state index in [4.69, 9.17) is 16.0 Å². The number of halogens is 1. The molecule has 26 heavy (non-hydrogen) atoms. The molecule has 0 bridgehead atoms. The normalized spacial score (nSPS) is 10.7. The van der Waals surface area contributed by atoms with Gasteiger partial charge < -0.3 is 9.73 Å². The van der Waals surface area contributed by atoms with Gasteiger partial charge in [0.2, 0.25) is 11.8 Å². The van der Waals surface area contributed by atoms with E-state index in [2.05, 4.69) is 10.3 Å². The molecule has 0 aliphatic heterocycles. The average Bonchev–Trinajstić information content (AvgIpc) is 3.02. The van der Waals surface area contributed by atoms with Crippen molar-refractivity contribution in [3.05, 3.63) is 76.6 Å². The van der Waals surface area contributed by atoms with E-state index in [0.29, 0.717) is 29.0 Å². The van der Waals surface area contributed by atoms with Crippen molar-refractivity contribution in [1.29, 1.82) is 0 Å². The minimum absolute atomic E-state index is 0.00932. The lowest BCUT2D eigenvalue weighted by atomic mass is 10.2. The summed E-state index contributed by atoms with van der Waals surface area (Å²) in [5, 5.41) is 3.56. The van der Waals surface area contributed by atoms with Crippen LogP contribution >= 0.6 is 23.4 Å². The first kappa shape index (κ1) is 18.5. The molecule has 134 valence electrons. The van der Waals surface area contributed by atoms with Crippen molar-refractivity contribution >= 4 is 29.3 Å². The molecule has 4 nitrogen and oxygen atoms in total. The Bertz CT molecular complexity index is 881. The highest BCUT2D eigenvalue weighted by Gasteiger charge is 2.12. The van der Waals surface area contributed by atoms with E-state index < -0.39 is 0 Å². The van der Waals surface area contributed by atoms with Gasteiger partial charge in [0, 0.05) is 22.9 Å². The van der Waals surface area contributed by atoms with Gasteiger partial charge in [-0.1, -0.05) is 48.0 Å². The minimum atomic E-state index is 0.00932.